The molecule has 2 fully saturated rings. The molecule has 2 atom stereocenters. The molecule has 240 valence electrons. The van der Waals surface area contributed by atoms with Crippen LogP contribution in [0.15, 0.2) is 30.3 Å². The average molecular weight is 608 g/mol. The first-order valence-electron chi connectivity index (χ1n) is 16.0. The molecular weight excluding hydrogens is 558 g/mol. The number of unbranched alkanes of at least 4 members (excludes halogenated alkanes) is 3. The second-order valence-corrected chi connectivity index (χ2v) is 13.2. The summed E-state index contributed by atoms with van der Waals surface area (Å²) in [6.45, 7) is 11.3. The molecule has 0 bridgehead atoms. The van der Waals surface area contributed by atoms with Gasteiger partial charge in [-0.2, -0.15) is 0 Å². The molecule has 3 heterocycles. The Kier molecular flexibility index (Phi) is 11.0. The first kappa shape index (κ1) is 33.0. The van der Waals surface area contributed by atoms with E-state index in [9.17, 15) is 19.5 Å². The number of likely N-dealkylation sites (tertiary alicyclic amines) is 1. The Labute approximate surface area is 261 Å². The van der Waals surface area contributed by atoms with Crippen molar-refractivity contribution in [2.24, 2.45) is 5.41 Å². The Morgan fingerprint density at radius 3 is 2.32 bits per heavy atom. The summed E-state index contributed by atoms with van der Waals surface area (Å²) in [5.74, 6) is 0.523. The lowest BCUT2D eigenvalue weighted by atomic mass is 9.85. The van der Waals surface area contributed by atoms with Crippen LogP contribution in [0, 0.1) is 5.41 Å². The van der Waals surface area contributed by atoms with E-state index >= 15 is 0 Å². The summed E-state index contributed by atoms with van der Waals surface area (Å²) < 4.78 is 0. The maximum absolute atomic E-state index is 13.2. The molecule has 1 aromatic heterocycles. The van der Waals surface area contributed by atoms with Crippen molar-refractivity contribution >= 4 is 29.2 Å². The summed E-state index contributed by atoms with van der Waals surface area (Å²) >= 11 is 0. The number of carbonyl (C=O) groups is 3. The quantitative estimate of drug-likeness (QED) is 0.326. The predicted molar refractivity (Wildman–Crippen MR) is 172 cm³/mol. The molecule has 11 nitrogen and oxygen atoms in total. The lowest BCUT2D eigenvalue weighted by Gasteiger charge is -2.36. The van der Waals surface area contributed by atoms with E-state index in [1.807, 2.05) is 42.7 Å². The second kappa shape index (κ2) is 14.7. The topological polar surface area (TPSA) is 145 Å². The highest BCUT2D eigenvalue weighted by molar-refractivity contribution is 5.88. The summed E-state index contributed by atoms with van der Waals surface area (Å²) in [6.07, 6.45) is 6.13. The van der Waals surface area contributed by atoms with Crippen molar-refractivity contribution in [1.29, 1.82) is 0 Å². The van der Waals surface area contributed by atoms with Crippen LogP contribution in [0.3, 0.4) is 0 Å². The van der Waals surface area contributed by atoms with Gasteiger partial charge in [-0.25, -0.2) is 0 Å². The van der Waals surface area contributed by atoms with Crippen molar-refractivity contribution in [3.05, 3.63) is 30.3 Å². The SMILES string of the molecule is C[C@@H]1CCCN1C(=O)[C@@H](NC(=O)CCCCCCC(=O)N1CCN(c2cc(-c3ccccc3O)nnc2N)CC1)C(C)(C)C. The Bertz CT molecular complexity index is 1300. The number of amides is 3. The van der Waals surface area contributed by atoms with E-state index in [-0.39, 0.29) is 34.9 Å². The van der Waals surface area contributed by atoms with E-state index < -0.39 is 6.04 Å². The molecule has 0 saturated carbocycles. The molecular formula is C33H49N7O4. The monoisotopic (exact) mass is 607 g/mol. The van der Waals surface area contributed by atoms with Crippen molar-refractivity contribution in [3.8, 4) is 17.0 Å². The molecule has 3 amide bonds. The van der Waals surface area contributed by atoms with Gasteiger partial charge in [-0.15, -0.1) is 10.2 Å². The van der Waals surface area contributed by atoms with Gasteiger partial charge in [0.1, 0.15) is 11.8 Å². The fourth-order valence-electron chi connectivity index (χ4n) is 6.04. The van der Waals surface area contributed by atoms with E-state index in [4.69, 9.17) is 5.73 Å². The van der Waals surface area contributed by atoms with Crippen molar-refractivity contribution in [2.45, 2.75) is 91.1 Å². The second-order valence-electron chi connectivity index (χ2n) is 13.2. The van der Waals surface area contributed by atoms with E-state index in [2.05, 4.69) is 27.3 Å². The number of carbonyl (C=O) groups excluding carboxylic acids is 3. The van der Waals surface area contributed by atoms with Crippen LogP contribution in [0.2, 0.25) is 0 Å². The van der Waals surface area contributed by atoms with E-state index in [1.165, 1.54) is 0 Å². The van der Waals surface area contributed by atoms with Crippen molar-refractivity contribution in [2.75, 3.05) is 43.4 Å². The number of phenols is 1. The molecule has 11 heteroatoms. The van der Waals surface area contributed by atoms with Gasteiger partial charge in [0.15, 0.2) is 5.82 Å². The summed E-state index contributed by atoms with van der Waals surface area (Å²) in [5.41, 5.74) is 7.66. The average Bonchev–Trinajstić information content (AvgIpc) is 3.43. The number of nitrogens with zero attached hydrogens (tertiary/aromatic N) is 5. The number of nitrogens with one attached hydrogen (secondary N) is 1. The number of aromatic nitrogens is 2. The highest BCUT2D eigenvalue weighted by Crippen LogP contribution is 2.32. The molecule has 4 rings (SSSR count). The molecule has 0 unspecified atom stereocenters. The molecule has 44 heavy (non-hydrogen) atoms. The van der Waals surface area contributed by atoms with E-state index in [0.29, 0.717) is 56.1 Å². The zero-order chi connectivity index (χ0) is 31.9. The fraction of sp³-hybridized carbons (Fsp3) is 0.606. The number of anilines is 2. The van der Waals surface area contributed by atoms with Gasteiger partial charge in [-0.05, 0) is 56.2 Å². The number of hydrogen-bond donors (Lipinski definition) is 3. The van der Waals surface area contributed by atoms with Gasteiger partial charge in [0.05, 0.1) is 11.4 Å². The van der Waals surface area contributed by atoms with Gasteiger partial charge in [-0.1, -0.05) is 45.7 Å². The van der Waals surface area contributed by atoms with Crippen LogP contribution in [0.1, 0.15) is 79.1 Å². The van der Waals surface area contributed by atoms with Crippen molar-refractivity contribution in [3.63, 3.8) is 0 Å². The highest BCUT2D eigenvalue weighted by atomic mass is 16.3. The fourth-order valence-corrected chi connectivity index (χ4v) is 6.04. The van der Waals surface area contributed by atoms with Gasteiger partial charge in [-0.3, -0.25) is 14.4 Å². The molecule has 0 radical (unpaired) electrons. The minimum absolute atomic E-state index is 0.0216. The molecule has 2 aromatic rings. The number of para-hydroxylation sites is 1. The molecule has 1 aromatic carbocycles. The van der Waals surface area contributed by atoms with Crippen molar-refractivity contribution < 1.29 is 19.5 Å². The molecule has 2 aliphatic rings. The maximum atomic E-state index is 13.2. The van der Waals surface area contributed by atoms with Gasteiger partial charge in [0.2, 0.25) is 17.7 Å². The third-order valence-electron chi connectivity index (χ3n) is 8.75. The Morgan fingerprint density at radius 2 is 1.68 bits per heavy atom. The third kappa shape index (κ3) is 8.39. The number of piperazine rings is 1. The third-order valence-corrected chi connectivity index (χ3v) is 8.75. The highest BCUT2D eigenvalue weighted by Gasteiger charge is 2.38. The standard InChI is InChI=1S/C33H49N7O4/c1-23-12-11-17-40(23)32(44)30(33(2,3)4)35-28(42)15-7-5-6-8-16-29(43)39-20-18-38(19-21-39)26-22-25(36-37-31(26)34)24-13-9-10-14-27(24)41/h9-10,13-14,22-23,30,41H,5-8,11-12,15-21H2,1-4H3,(H2,34,37)(H,35,42)/t23-,30-/m1/s1. The summed E-state index contributed by atoms with van der Waals surface area (Å²) in [5, 5.41) is 21.5. The number of aromatic hydroxyl groups is 1. The van der Waals surface area contributed by atoms with Crippen LogP contribution in [0.5, 0.6) is 5.75 Å². The lowest BCUT2D eigenvalue weighted by molar-refractivity contribution is -0.140. The number of benzene rings is 1. The molecule has 4 N–H and O–H groups in total. The molecule has 2 aliphatic heterocycles. The Morgan fingerprint density at radius 1 is 1.00 bits per heavy atom. The molecule has 2 saturated heterocycles. The number of hydrogen-bond acceptors (Lipinski definition) is 8. The summed E-state index contributed by atoms with van der Waals surface area (Å²) in [7, 11) is 0. The van der Waals surface area contributed by atoms with Crippen LogP contribution < -0.4 is 16.0 Å². The van der Waals surface area contributed by atoms with Gasteiger partial charge in [0, 0.05) is 57.2 Å². The largest absolute Gasteiger partial charge is 0.507 e. The predicted octanol–water partition coefficient (Wildman–Crippen LogP) is 3.96. The summed E-state index contributed by atoms with van der Waals surface area (Å²) in [6, 6.07) is 8.50. The zero-order valence-corrected chi connectivity index (χ0v) is 26.7. The van der Waals surface area contributed by atoms with E-state index in [1.54, 1.807) is 18.2 Å². The van der Waals surface area contributed by atoms with E-state index in [0.717, 1.165) is 50.8 Å². The van der Waals surface area contributed by atoms with Gasteiger partial charge >= 0.3 is 0 Å². The van der Waals surface area contributed by atoms with Crippen LogP contribution >= 0.6 is 0 Å². The van der Waals surface area contributed by atoms with Crippen LogP contribution in [-0.4, -0.2) is 87.6 Å². The Balaban J connectivity index is 1.15. The Hall–Kier alpha value is -3.89. The smallest absolute Gasteiger partial charge is 0.245 e. The van der Waals surface area contributed by atoms with Crippen LogP contribution in [0.25, 0.3) is 11.3 Å². The first-order valence-corrected chi connectivity index (χ1v) is 16.0. The van der Waals surface area contributed by atoms with Crippen LogP contribution in [-0.2, 0) is 14.4 Å². The first-order chi connectivity index (χ1) is 21.0. The summed E-state index contributed by atoms with van der Waals surface area (Å²) in [4.78, 5) is 44.7. The minimum Gasteiger partial charge on any atom is -0.507 e. The number of nitrogen functional groups attached to an aromatic ring is 1. The normalized spacial score (nSPS) is 17.9. The number of phenolic OH excluding ortho intramolecular Hbond substituents is 1. The number of nitrogens with two attached hydrogens (primary N) is 1. The molecule has 0 aliphatic carbocycles. The van der Waals surface area contributed by atoms with Crippen molar-refractivity contribution in [1.82, 2.24) is 25.3 Å². The van der Waals surface area contributed by atoms with Gasteiger partial charge in [0.25, 0.3) is 0 Å². The van der Waals surface area contributed by atoms with Crippen LogP contribution in [0.4, 0.5) is 11.5 Å². The lowest BCUT2D eigenvalue weighted by Crippen LogP contribution is -2.55. The van der Waals surface area contributed by atoms with Gasteiger partial charge < -0.3 is 30.9 Å². The maximum Gasteiger partial charge on any atom is 0.245 e. The minimum atomic E-state index is -0.529. The number of rotatable bonds is 11. The zero-order valence-electron chi connectivity index (χ0n) is 26.7. The molecule has 0 spiro atoms.